The van der Waals surface area contributed by atoms with Crippen LogP contribution in [0.4, 0.5) is 36.2 Å². The van der Waals surface area contributed by atoms with Crippen LogP contribution in [0.15, 0.2) is 48.8 Å². The monoisotopic (exact) mass is 495 g/mol. The molecule has 10 heteroatoms. The van der Waals surface area contributed by atoms with E-state index in [0.717, 1.165) is 42.5 Å². The molecule has 2 aromatic carbocycles. The van der Waals surface area contributed by atoms with Crippen LogP contribution in [0.3, 0.4) is 0 Å². The van der Waals surface area contributed by atoms with Crippen molar-refractivity contribution in [3.8, 4) is 11.3 Å². The standard InChI is InChI=1S/C26H28F3N7/c1-15-5-4-6-18-19(12-31-23(15)18)24-20(26(27,28)29)13-32-25(34-24)33-16-7-8-22(21(30)11-16)36-10-9-17(14-36)35(2)3/h4-8,11-13,17,31H,9-10,14,30H2,1-3H3,(H,32,33,34). The van der Waals surface area contributed by atoms with Gasteiger partial charge in [0.05, 0.1) is 17.1 Å². The Morgan fingerprint density at radius 3 is 2.69 bits per heavy atom. The van der Waals surface area contributed by atoms with Gasteiger partial charge in [0.25, 0.3) is 0 Å². The number of hydrogen-bond acceptors (Lipinski definition) is 6. The number of para-hydroxylation sites is 1. The molecule has 188 valence electrons. The van der Waals surface area contributed by atoms with E-state index in [1.807, 2.05) is 31.2 Å². The number of hydrogen-bond donors (Lipinski definition) is 3. The molecule has 7 nitrogen and oxygen atoms in total. The van der Waals surface area contributed by atoms with Crippen molar-refractivity contribution in [1.29, 1.82) is 0 Å². The van der Waals surface area contributed by atoms with Crippen LogP contribution in [0.25, 0.3) is 22.2 Å². The van der Waals surface area contributed by atoms with Crippen molar-refractivity contribution in [2.45, 2.75) is 25.6 Å². The fourth-order valence-electron chi connectivity index (χ4n) is 4.79. The van der Waals surface area contributed by atoms with Crippen molar-refractivity contribution in [1.82, 2.24) is 19.9 Å². The van der Waals surface area contributed by atoms with Crippen LogP contribution < -0.4 is 16.0 Å². The second kappa shape index (κ2) is 9.02. The molecule has 0 amide bonds. The molecular formula is C26H28F3N7. The zero-order valence-corrected chi connectivity index (χ0v) is 20.3. The van der Waals surface area contributed by atoms with Crippen molar-refractivity contribution in [3.63, 3.8) is 0 Å². The Balaban J connectivity index is 1.47. The summed E-state index contributed by atoms with van der Waals surface area (Å²) in [6, 6.07) is 11.5. The lowest BCUT2D eigenvalue weighted by molar-refractivity contribution is -0.137. The van der Waals surface area contributed by atoms with Gasteiger partial charge in [-0.15, -0.1) is 0 Å². The number of aryl methyl sites for hydroxylation is 1. The molecule has 1 fully saturated rings. The van der Waals surface area contributed by atoms with Gasteiger partial charge in [-0.2, -0.15) is 13.2 Å². The largest absolute Gasteiger partial charge is 0.419 e. The number of H-pyrrole nitrogens is 1. The summed E-state index contributed by atoms with van der Waals surface area (Å²) in [5.41, 5.74) is 9.46. The molecule has 0 aliphatic carbocycles. The molecule has 4 N–H and O–H groups in total. The second-order valence-electron chi connectivity index (χ2n) is 9.40. The van der Waals surface area contributed by atoms with E-state index in [1.165, 1.54) is 0 Å². The molecule has 1 atom stereocenters. The van der Waals surface area contributed by atoms with Crippen LogP contribution >= 0.6 is 0 Å². The van der Waals surface area contributed by atoms with Gasteiger partial charge in [-0.3, -0.25) is 0 Å². The lowest BCUT2D eigenvalue weighted by Gasteiger charge is -2.23. The molecule has 0 bridgehead atoms. The fourth-order valence-corrected chi connectivity index (χ4v) is 4.79. The maximum Gasteiger partial charge on any atom is 0.419 e. The molecular weight excluding hydrogens is 467 g/mol. The van der Waals surface area contributed by atoms with E-state index in [4.69, 9.17) is 5.73 Å². The number of anilines is 4. The number of alkyl halides is 3. The van der Waals surface area contributed by atoms with Crippen molar-refractivity contribution < 1.29 is 13.2 Å². The van der Waals surface area contributed by atoms with Crippen LogP contribution in [-0.2, 0) is 6.18 Å². The minimum atomic E-state index is -4.60. The summed E-state index contributed by atoms with van der Waals surface area (Å²) in [6.07, 6.45) is -1.17. The third kappa shape index (κ3) is 4.44. The smallest absolute Gasteiger partial charge is 0.397 e. The Morgan fingerprint density at radius 2 is 2.00 bits per heavy atom. The fraction of sp³-hybridized carbons (Fsp3) is 0.308. The second-order valence-corrected chi connectivity index (χ2v) is 9.40. The number of nitrogens with one attached hydrogen (secondary N) is 2. The predicted molar refractivity (Wildman–Crippen MR) is 138 cm³/mol. The Hall–Kier alpha value is -3.79. The number of benzene rings is 2. The zero-order valence-electron chi connectivity index (χ0n) is 20.3. The SMILES string of the molecule is Cc1cccc2c(-c3nc(Nc4ccc(N5CCC(N(C)C)C5)c(N)c4)ncc3C(F)(F)F)c[nH]c12. The highest BCUT2D eigenvalue weighted by Gasteiger charge is 2.36. The van der Waals surface area contributed by atoms with Gasteiger partial charge in [-0.25, -0.2) is 9.97 Å². The van der Waals surface area contributed by atoms with Crippen molar-refractivity contribution >= 4 is 33.9 Å². The molecule has 0 radical (unpaired) electrons. The van der Waals surface area contributed by atoms with Gasteiger partial charge >= 0.3 is 6.18 Å². The molecule has 1 aliphatic heterocycles. The van der Waals surface area contributed by atoms with Crippen molar-refractivity contribution in [2.24, 2.45) is 0 Å². The third-order valence-corrected chi connectivity index (χ3v) is 6.79. The topological polar surface area (TPSA) is 86.1 Å². The molecule has 36 heavy (non-hydrogen) atoms. The first kappa shape index (κ1) is 23.9. The summed E-state index contributed by atoms with van der Waals surface area (Å²) in [5.74, 6) is 0.0565. The van der Waals surface area contributed by atoms with E-state index < -0.39 is 11.7 Å². The maximum atomic E-state index is 13.9. The first-order chi connectivity index (χ1) is 17.1. The number of rotatable bonds is 5. The molecule has 1 unspecified atom stereocenters. The van der Waals surface area contributed by atoms with E-state index in [-0.39, 0.29) is 11.6 Å². The van der Waals surface area contributed by atoms with E-state index >= 15 is 0 Å². The highest BCUT2D eigenvalue weighted by molar-refractivity contribution is 5.97. The lowest BCUT2D eigenvalue weighted by atomic mass is 10.0. The maximum absolute atomic E-state index is 13.9. The highest BCUT2D eigenvalue weighted by atomic mass is 19.4. The number of nitrogens with zero attached hydrogens (tertiary/aromatic N) is 4. The van der Waals surface area contributed by atoms with Gasteiger partial charge in [0.2, 0.25) is 5.95 Å². The van der Waals surface area contributed by atoms with E-state index in [1.54, 1.807) is 18.3 Å². The molecule has 5 rings (SSSR count). The summed E-state index contributed by atoms with van der Waals surface area (Å²) in [5, 5.41) is 3.69. The summed E-state index contributed by atoms with van der Waals surface area (Å²) >= 11 is 0. The van der Waals surface area contributed by atoms with Crippen LogP contribution in [-0.4, -0.2) is 53.1 Å². The Kier molecular flexibility index (Phi) is 5.99. The molecule has 1 aliphatic rings. The number of nitrogens with two attached hydrogens (primary N) is 1. The molecule has 4 aromatic rings. The van der Waals surface area contributed by atoms with E-state index in [2.05, 4.69) is 44.2 Å². The zero-order chi connectivity index (χ0) is 25.6. The number of halogens is 3. The van der Waals surface area contributed by atoms with Gasteiger partial charge in [-0.1, -0.05) is 18.2 Å². The third-order valence-electron chi connectivity index (χ3n) is 6.79. The average molecular weight is 496 g/mol. The number of aromatic nitrogens is 3. The first-order valence-corrected chi connectivity index (χ1v) is 11.7. The van der Waals surface area contributed by atoms with E-state index in [0.29, 0.717) is 28.4 Å². The van der Waals surface area contributed by atoms with Crippen LogP contribution in [0.1, 0.15) is 17.5 Å². The lowest BCUT2D eigenvalue weighted by Crippen LogP contribution is -2.31. The molecule has 3 heterocycles. The summed E-state index contributed by atoms with van der Waals surface area (Å²) < 4.78 is 41.6. The Bertz CT molecular complexity index is 1410. The van der Waals surface area contributed by atoms with Gasteiger partial charge in [-0.05, 0) is 51.2 Å². The number of likely N-dealkylation sites (N-methyl/N-ethyl adjacent to an activating group) is 1. The number of aromatic amines is 1. The average Bonchev–Trinajstić information content (AvgIpc) is 3.47. The summed E-state index contributed by atoms with van der Waals surface area (Å²) in [4.78, 5) is 15.8. The summed E-state index contributed by atoms with van der Waals surface area (Å²) in [7, 11) is 4.14. The Labute approximate surface area is 207 Å². The van der Waals surface area contributed by atoms with Gasteiger partial charge in [0.15, 0.2) is 0 Å². The molecule has 0 saturated carbocycles. The predicted octanol–water partition coefficient (Wildman–Crippen LogP) is 5.42. The highest BCUT2D eigenvalue weighted by Crippen LogP contribution is 2.39. The molecule has 1 saturated heterocycles. The minimum absolute atomic E-state index is 0.0565. The summed E-state index contributed by atoms with van der Waals surface area (Å²) in [6.45, 7) is 3.70. The van der Waals surface area contributed by atoms with Crippen molar-refractivity contribution in [2.75, 3.05) is 43.1 Å². The first-order valence-electron chi connectivity index (χ1n) is 11.7. The quantitative estimate of drug-likeness (QED) is 0.321. The molecule has 2 aromatic heterocycles. The van der Waals surface area contributed by atoms with E-state index in [9.17, 15) is 13.2 Å². The normalized spacial score (nSPS) is 16.3. The van der Waals surface area contributed by atoms with Crippen LogP contribution in [0.2, 0.25) is 0 Å². The van der Waals surface area contributed by atoms with Gasteiger partial charge < -0.3 is 25.8 Å². The van der Waals surface area contributed by atoms with Crippen LogP contribution in [0.5, 0.6) is 0 Å². The van der Waals surface area contributed by atoms with Gasteiger partial charge in [0.1, 0.15) is 5.56 Å². The Morgan fingerprint density at radius 1 is 1.19 bits per heavy atom. The van der Waals surface area contributed by atoms with Crippen LogP contribution in [0, 0.1) is 6.92 Å². The number of nitrogen functional groups attached to an aromatic ring is 1. The molecule has 0 spiro atoms. The minimum Gasteiger partial charge on any atom is -0.397 e. The number of fused-ring (bicyclic) bond motifs is 1. The van der Waals surface area contributed by atoms with Gasteiger partial charge in [0, 0.05) is 53.7 Å². The van der Waals surface area contributed by atoms with Crippen molar-refractivity contribution in [3.05, 3.63) is 59.9 Å².